The van der Waals surface area contributed by atoms with Gasteiger partial charge in [0.2, 0.25) is 29.5 Å². The Morgan fingerprint density at radius 1 is 0.651 bits per heavy atom. The summed E-state index contributed by atoms with van der Waals surface area (Å²) in [6.07, 6.45) is 8.44. The molecule has 43 heavy (non-hydrogen) atoms. The number of carbonyl (C=O) groups excluding carboxylic acids is 5. The van der Waals surface area contributed by atoms with Gasteiger partial charge < -0.3 is 52.4 Å². The molecule has 11 N–H and O–H groups in total. The summed E-state index contributed by atoms with van der Waals surface area (Å²) in [5.74, 6) is -4.82. The van der Waals surface area contributed by atoms with Crippen LogP contribution in [-0.4, -0.2) is 108 Å². The highest BCUT2D eigenvalue weighted by atomic mass is 16.4. The standard InChI is InChI=1S/C24H32N12O7/c25-4-19(37)34-16(1-13-5-26-10-31-13)22(40)29-8-20(38)35-17(2-14-6-27-11-32-14)23(41)30-9-21(39)36-18(24(42)43)3-15-7-28-12-33-15/h5-7,10-12,16-18H,1-4,8-9,25H2,(H,26,31)(H,27,32)(H,28,33)(H,29,40)(H,30,41)(H,34,37)(H,35,38)(H,36,39)(H,42,43). The van der Waals surface area contributed by atoms with Crippen LogP contribution in [0.25, 0.3) is 0 Å². The van der Waals surface area contributed by atoms with E-state index in [1.165, 1.54) is 37.6 Å². The zero-order valence-electron chi connectivity index (χ0n) is 22.8. The average molecular weight is 601 g/mol. The van der Waals surface area contributed by atoms with Crippen molar-refractivity contribution in [2.45, 2.75) is 37.4 Å². The van der Waals surface area contributed by atoms with E-state index < -0.39 is 66.7 Å². The van der Waals surface area contributed by atoms with Gasteiger partial charge >= 0.3 is 5.97 Å². The van der Waals surface area contributed by atoms with E-state index in [1.54, 1.807) is 0 Å². The zero-order valence-corrected chi connectivity index (χ0v) is 22.8. The first kappa shape index (κ1) is 31.9. The number of aliphatic carboxylic acids is 1. The Morgan fingerprint density at radius 3 is 1.37 bits per heavy atom. The highest BCUT2D eigenvalue weighted by molar-refractivity contribution is 5.94. The maximum atomic E-state index is 12.9. The van der Waals surface area contributed by atoms with Crippen molar-refractivity contribution in [2.75, 3.05) is 19.6 Å². The van der Waals surface area contributed by atoms with Crippen molar-refractivity contribution < 1.29 is 33.9 Å². The Hall–Kier alpha value is -5.59. The number of nitrogens with one attached hydrogen (secondary N) is 8. The Kier molecular flexibility index (Phi) is 11.9. The lowest BCUT2D eigenvalue weighted by Gasteiger charge is -2.20. The molecule has 3 unspecified atom stereocenters. The minimum absolute atomic E-state index is 0.0419. The molecule has 3 rings (SSSR count). The number of aromatic nitrogens is 6. The minimum Gasteiger partial charge on any atom is -0.480 e. The fourth-order valence-electron chi connectivity index (χ4n) is 3.79. The molecule has 0 aromatic carbocycles. The van der Waals surface area contributed by atoms with Gasteiger partial charge in [-0.25, -0.2) is 19.7 Å². The van der Waals surface area contributed by atoms with Crippen LogP contribution in [0.5, 0.6) is 0 Å². The molecule has 3 atom stereocenters. The van der Waals surface area contributed by atoms with E-state index in [9.17, 15) is 33.9 Å². The molecular formula is C24H32N12O7. The number of rotatable bonds is 17. The molecule has 3 aromatic rings. The van der Waals surface area contributed by atoms with Crippen LogP contribution in [0.1, 0.15) is 17.1 Å². The molecule has 3 heterocycles. The van der Waals surface area contributed by atoms with Crippen LogP contribution in [0.2, 0.25) is 0 Å². The largest absolute Gasteiger partial charge is 0.480 e. The summed E-state index contributed by atoms with van der Waals surface area (Å²) >= 11 is 0. The lowest BCUT2D eigenvalue weighted by atomic mass is 10.1. The third-order valence-corrected chi connectivity index (χ3v) is 5.91. The van der Waals surface area contributed by atoms with E-state index >= 15 is 0 Å². The van der Waals surface area contributed by atoms with E-state index in [0.717, 1.165) is 0 Å². The van der Waals surface area contributed by atoms with Crippen LogP contribution in [0.4, 0.5) is 0 Å². The maximum absolute atomic E-state index is 12.9. The van der Waals surface area contributed by atoms with E-state index in [-0.39, 0.29) is 25.8 Å². The third-order valence-electron chi connectivity index (χ3n) is 5.91. The molecule has 230 valence electrons. The van der Waals surface area contributed by atoms with Crippen LogP contribution < -0.4 is 32.3 Å². The summed E-state index contributed by atoms with van der Waals surface area (Å²) in [6, 6.07) is -3.54. The van der Waals surface area contributed by atoms with Gasteiger partial charge in [0, 0.05) is 54.9 Å². The van der Waals surface area contributed by atoms with Gasteiger partial charge in [-0.1, -0.05) is 0 Å². The van der Waals surface area contributed by atoms with E-state index in [0.29, 0.717) is 17.1 Å². The molecule has 5 amide bonds. The summed E-state index contributed by atoms with van der Waals surface area (Å²) < 4.78 is 0. The average Bonchev–Trinajstić information content (AvgIpc) is 3.78. The van der Waals surface area contributed by atoms with Crippen LogP contribution in [0.3, 0.4) is 0 Å². The molecule has 0 aliphatic carbocycles. The van der Waals surface area contributed by atoms with Crippen LogP contribution in [-0.2, 0) is 48.0 Å². The fourth-order valence-corrected chi connectivity index (χ4v) is 3.79. The Morgan fingerprint density at radius 2 is 1.02 bits per heavy atom. The highest BCUT2D eigenvalue weighted by Gasteiger charge is 2.26. The van der Waals surface area contributed by atoms with E-state index in [4.69, 9.17) is 5.73 Å². The van der Waals surface area contributed by atoms with E-state index in [2.05, 4.69) is 56.5 Å². The topological polar surface area (TPSA) is 295 Å². The second-order valence-corrected chi connectivity index (χ2v) is 9.18. The predicted octanol–water partition coefficient (Wildman–Crippen LogP) is -4.39. The van der Waals surface area contributed by atoms with Crippen LogP contribution in [0.15, 0.2) is 37.6 Å². The predicted molar refractivity (Wildman–Crippen MR) is 145 cm³/mol. The van der Waals surface area contributed by atoms with Crippen LogP contribution in [0, 0.1) is 0 Å². The van der Waals surface area contributed by atoms with Crippen molar-refractivity contribution in [3.05, 3.63) is 54.7 Å². The molecule has 19 nitrogen and oxygen atoms in total. The van der Waals surface area contributed by atoms with Gasteiger partial charge in [-0.2, -0.15) is 0 Å². The molecule has 3 aromatic heterocycles. The lowest BCUT2D eigenvalue weighted by Crippen LogP contribution is -2.54. The van der Waals surface area contributed by atoms with Gasteiger partial charge in [0.1, 0.15) is 18.1 Å². The number of nitrogens with two attached hydrogens (primary N) is 1. The van der Waals surface area contributed by atoms with Gasteiger partial charge in [0.05, 0.1) is 38.6 Å². The molecule has 0 bridgehead atoms. The molecule has 19 heteroatoms. The summed E-state index contributed by atoms with van der Waals surface area (Å²) in [5, 5.41) is 21.5. The molecule has 0 saturated carbocycles. The number of hydrogen-bond donors (Lipinski definition) is 10. The second-order valence-electron chi connectivity index (χ2n) is 9.18. The van der Waals surface area contributed by atoms with Gasteiger partial charge in [-0.15, -0.1) is 0 Å². The number of aromatic amines is 3. The fraction of sp³-hybridized carbons (Fsp3) is 0.375. The Labute approximate surface area is 243 Å². The molecular weight excluding hydrogens is 568 g/mol. The van der Waals surface area contributed by atoms with Gasteiger partial charge in [-0.05, 0) is 0 Å². The minimum atomic E-state index is -1.28. The lowest BCUT2D eigenvalue weighted by molar-refractivity contribution is -0.141. The molecule has 0 radical (unpaired) electrons. The monoisotopic (exact) mass is 600 g/mol. The summed E-state index contributed by atoms with van der Waals surface area (Å²) in [5.41, 5.74) is 6.86. The number of amides is 5. The first-order chi connectivity index (χ1) is 20.6. The number of nitrogens with zero attached hydrogens (tertiary/aromatic N) is 3. The normalized spacial score (nSPS) is 12.8. The smallest absolute Gasteiger partial charge is 0.326 e. The van der Waals surface area contributed by atoms with Gasteiger partial charge in [0.15, 0.2) is 0 Å². The molecule has 0 fully saturated rings. The summed E-state index contributed by atoms with van der Waals surface area (Å²) in [7, 11) is 0. The van der Waals surface area contributed by atoms with Crippen molar-refractivity contribution in [3.63, 3.8) is 0 Å². The SMILES string of the molecule is NCC(=O)NC(Cc1cnc[nH]1)C(=O)NCC(=O)NC(Cc1cnc[nH]1)C(=O)NCC(=O)NC(Cc1cnc[nH]1)C(=O)O. The highest BCUT2D eigenvalue weighted by Crippen LogP contribution is 2.02. The van der Waals surface area contributed by atoms with Crippen molar-refractivity contribution >= 4 is 35.5 Å². The quantitative estimate of drug-likeness (QED) is 0.0705. The molecule has 0 spiro atoms. The first-order valence-corrected chi connectivity index (χ1v) is 12.9. The third kappa shape index (κ3) is 10.7. The van der Waals surface area contributed by atoms with E-state index in [1.807, 2.05) is 0 Å². The molecule has 0 aliphatic rings. The first-order valence-electron chi connectivity index (χ1n) is 12.9. The van der Waals surface area contributed by atoms with Crippen molar-refractivity contribution in [2.24, 2.45) is 5.73 Å². The molecule has 0 aliphatic heterocycles. The second kappa shape index (κ2) is 16.0. The number of carboxylic acid groups (broad SMARTS) is 1. The maximum Gasteiger partial charge on any atom is 0.326 e. The summed E-state index contributed by atoms with van der Waals surface area (Å²) in [4.78, 5) is 94.1. The van der Waals surface area contributed by atoms with Gasteiger partial charge in [0.25, 0.3) is 0 Å². The van der Waals surface area contributed by atoms with Crippen molar-refractivity contribution in [1.29, 1.82) is 0 Å². The van der Waals surface area contributed by atoms with Crippen molar-refractivity contribution in [1.82, 2.24) is 56.5 Å². The summed E-state index contributed by atoms with van der Waals surface area (Å²) in [6.45, 7) is -1.47. The number of H-pyrrole nitrogens is 3. The zero-order chi connectivity index (χ0) is 31.2. The number of carbonyl (C=O) groups is 6. The Balaban J connectivity index is 1.55. The number of hydrogen-bond acceptors (Lipinski definition) is 10. The van der Waals surface area contributed by atoms with Crippen molar-refractivity contribution in [3.8, 4) is 0 Å². The van der Waals surface area contributed by atoms with Gasteiger partial charge in [-0.3, -0.25) is 24.0 Å². The number of imidazole rings is 3. The Bertz CT molecular complexity index is 1360. The number of carboxylic acids is 1. The van der Waals surface area contributed by atoms with Crippen LogP contribution >= 0.6 is 0 Å². The molecule has 0 saturated heterocycles.